The summed E-state index contributed by atoms with van der Waals surface area (Å²) in [6.45, 7) is 0.739. The summed E-state index contributed by atoms with van der Waals surface area (Å²) in [5.41, 5.74) is 5.04. The first-order valence-corrected chi connectivity index (χ1v) is 14.5. The van der Waals surface area contributed by atoms with E-state index in [2.05, 4.69) is 57.2 Å². The first-order chi connectivity index (χ1) is 21.8. The van der Waals surface area contributed by atoms with Gasteiger partial charge in [0.05, 0.1) is 5.35 Å². The number of rotatable bonds is 6. The predicted octanol–water partition coefficient (Wildman–Crippen LogP) is 5.93. The van der Waals surface area contributed by atoms with Crippen LogP contribution in [-0.2, 0) is 6.42 Å². The lowest BCUT2D eigenvalue weighted by Crippen LogP contribution is -2.29. The van der Waals surface area contributed by atoms with Gasteiger partial charge in [0.2, 0.25) is 0 Å². The number of fused-ring (bicyclic) bond motifs is 1. The van der Waals surface area contributed by atoms with Crippen molar-refractivity contribution in [3.63, 3.8) is 0 Å². The molecule has 0 atom stereocenters. The van der Waals surface area contributed by atoms with E-state index < -0.39 is 0 Å². The zero-order chi connectivity index (χ0) is 29.7. The zero-order valence-corrected chi connectivity index (χ0v) is 23.9. The number of aromatic nitrogens is 5. The van der Waals surface area contributed by atoms with Crippen LogP contribution in [-0.4, -0.2) is 31.0 Å². The largest absolute Gasteiger partial charge is 0.367 e. The molecule has 6 aromatic rings. The number of terminal acetylenes is 1. The van der Waals surface area contributed by atoms with Crippen molar-refractivity contribution in [3.05, 3.63) is 137 Å². The van der Waals surface area contributed by atoms with E-state index in [1.165, 1.54) is 0 Å². The van der Waals surface area contributed by atoms with Gasteiger partial charge in [-0.2, -0.15) is 0 Å². The van der Waals surface area contributed by atoms with Crippen LogP contribution in [0, 0.1) is 12.3 Å². The first kappa shape index (κ1) is 26.8. The lowest BCUT2D eigenvalue weighted by molar-refractivity contribution is 0.966. The van der Waals surface area contributed by atoms with Crippen molar-refractivity contribution in [2.75, 3.05) is 11.9 Å². The predicted molar refractivity (Wildman–Crippen MR) is 178 cm³/mol. The summed E-state index contributed by atoms with van der Waals surface area (Å²) in [5, 5.41) is 5.51. The average molecular weight is 569 g/mol. The molecule has 1 N–H and O–H groups in total. The van der Waals surface area contributed by atoms with Gasteiger partial charge in [-0.25, -0.2) is 19.9 Å². The molecule has 1 aliphatic rings. The summed E-state index contributed by atoms with van der Waals surface area (Å²) in [7, 11) is 0. The van der Waals surface area contributed by atoms with E-state index in [1.54, 1.807) is 6.20 Å². The van der Waals surface area contributed by atoms with Crippen molar-refractivity contribution in [2.24, 2.45) is 0 Å². The Morgan fingerprint density at radius 1 is 0.773 bits per heavy atom. The van der Waals surface area contributed by atoms with Crippen LogP contribution in [0.25, 0.3) is 58.2 Å². The molecule has 44 heavy (non-hydrogen) atoms. The Labute approximate surface area is 255 Å². The Kier molecular flexibility index (Phi) is 7.34. The molecule has 1 aliphatic heterocycles. The molecule has 6 heteroatoms. The molecule has 0 unspecified atom stereocenters. The highest BCUT2D eigenvalue weighted by Crippen LogP contribution is 2.25. The number of hydrogen-bond acceptors (Lipinski definition) is 5. The van der Waals surface area contributed by atoms with Gasteiger partial charge in [0.25, 0.3) is 0 Å². The third-order valence-corrected chi connectivity index (χ3v) is 7.48. The van der Waals surface area contributed by atoms with Gasteiger partial charge in [0, 0.05) is 46.3 Å². The standard InChI is InChI=1S/C38H28N6/c1-2-13-33-31(32-20-12-25-40-38(32)44(33)34-21-9-10-24-39-34)23-22-27-14-11-19-30(26-27)37-42-35(28-15-5-3-6-16-28)41-36(43-37)29-17-7-4-8-18-29/h1,3-21,23-24,26,40H,22,25H2/b31-23-,33-13+. The van der Waals surface area contributed by atoms with Crippen LogP contribution in [0.5, 0.6) is 0 Å². The van der Waals surface area contributed by atoms with E-state index in [0.29, 0.717) is 23.9 Å². The maximum atomic E-state index is 5.82. The third kappa shape index (κ3) is 5.31. The van der Waals surface area contributed by atoms with Crippen molar-refractivity contribution in [1.29, 1.82) is 0 Å². The van der Waals surface area contributed by atoms with Gasteiger partial charge in [0.1, 0.15) is 11.6 Å². The highest BCUT2D eigenvalue weighted by molar-refractivity contribution is 5.73. The number of nitrogens with one attached hydrogen (secondary N) is 1. The van der Waals surface area contributed by atoms with E-state index in [1.807, 2.05) is 91.0 Å². The summed E-state index contributed by atoms with van der Waals surface area (Å²) < 4.78 is 2.10. The molecule has 0 saturated carbocycles. The lowest BCUT2D eigenvalue weighted by Gasteiger charge is -2.13. The average Bonchev–Trinajstić information content (AvgIpc) is 3.41. The highest BCUT2D eigenvalue weighted by Gasteiger charge is 2.17. The second-order valence-electron chi connectivity index (χ2n) is 10.3. The fourth-order valence-electron chi connectivity index (χ4n) is 5.46. The SMILES string of the molecule is C#C/C=c1\c(=C/Cc2cccc(-c3nc(-c4ccccc4)nc(-c4ccccc4)n3)c2)c2c(n1-c1ccccn1)NCC=C2. The molecule has 0 spiro atoms. The van der Waals surface area contributed by atoms with Crippen LogP contribution < -0.4 is 15.9 Å². The van der Waals surface area contributed by atoms with Gasteiger partial charge in [-0.1, -0.05) is 109 Å². The highest BCUT2D eigenvalue weighted by atomic mass is 15.2. The number of benzene rings is 3. The molecule has 210 valence electrons. The summed E-state index contributed by atoms with van der Waals surface area (Å²) in [6, 6.07) is 34.3. The third-order valence-electron chi connectivity index (χ3n) is 7.48. The molecule has 4 heterocycles. The summed E-state index contributed by atoms with van der Waals surface area (Å²) in [5.74, 6) is 6.45. The molecule has 0 saturated heterocycles. The van der Waals surface area contributed by atoms with E-state index in [0.717, 1.165) is 56.6 Å². The number of pyridine rings is 1. The Morgan fingerprint density at radius 2 is 1.43 bits per heavy atom. The first-order valence-electron chi connectivity index (χ1n) is 14.5. The van der Waals surface area contributed by atoms with Crippen LogP contribution in [0.2, 0.25) is 0 Å². The Balaban J connectivity index is 1.32. The molecular formula is C38H28N6. The summed E-state index contributed by atoms with van der Waals surface area (Å²) in [6.07, 6.45) is 16.6. The molecule has 0 radical (unpaired) electrons. The smallest absolute Gasteiger partial charge is 0.164 e. The second kappa shape index (κ2) is 12.0. The van der Waals surface area contributed by atoms with Crippen molar-refractivity contribution in [2.45, 2.75) is 6.42 Å². The van der Waals surface area contributed by atoms with Gasteiger partial charge in [0.15, 0.2) is 17.5 Å². The van der Waals surface area contributed by atoms with Crippen LogP contribution in [0.15, 0.2) is 115 Å². The Bertz CT molecular complexity index is 2080. The van der Waals surface area contributed by atoms with E-state index in [-0.39, 0.29) is 0 Å². The molecule has 0 aliphatic carbocycles. The molecule has 0 fully saturated rings. The van der Waals surface area contributed by atoms with Gasteiger partial charge in [-0.3, -0.25) is 4.57 Å². The van der Waals surface area contributed by atoms with Crippen molar-refractivity contribution in [3.8, 4) is 52.3 Å². The van der Waals surface area contributed by atoms with Crippen molar-refractivity contribution < 1.29 is 0 Å². The van der Waals surface area contributed by atoms with Gasteiger partial charge >= 0.3 is 0 Å². The number of anilines is 1. The topological polar surface area (TPSA) is 68.5 Å². The fourth-order valence-corrected chi connectivity index (χ4v) is 5.46. The van der Waals surface area contributed by atoms with Crippen LogP contribution >= 0.6 is 0 Å². The van der Waals surface area contributed by atoms with E-state index >= 15 is 0 Å². The fraction of sp³-hybridized carbons (Fsp3) is 0.0526. The molecule has 3 aromatic carbocycles. The molecule has 0 bridgehead atoms. The molecular weight excluding hydrogens is 540 g/mol. The second-order valence-corrected chi connectivity index (χ2v) is 10.3. The minimum absolute atomic E-state index is 0.631. The van der Waals surface area contributed by atoms with Crippen molar-refractivity contribution >= 4 is 24.0 Å². The van der Waals surface area contributed by atoms with E-state index in [9.17, 15) is 0 Å². The molecule has 0 amide bonds. The zero-order valence-electron chi connectivity index (χ0n) is 23.9. The van der Waals surface area contributed by atoms with Crippen LogP contribution in [0.4, 0.5) is 5.82 Å². The molecule has 7 rings (SSSR count). The maximum Gasteiger partial charge on any atom is 0.164 e. The maximum absolute atomic E-state index is 5.82. The van der Waals surface area contributed by atoms with Gasteiger partial charge in [-0.15, -0.1) is 6.42 Å². The minimum atomic E-state index is 0.631. The van der Waals surface area contributed by atoms with Crippen LogP contribution in [0.1, 0.15) is 11.1 Å². The van der Waals surface area contributed by atoms with Crippen molar-refractivity contribution in [1.82, 2.24) is 24.5 Å². The normalized spacial score (nSPS) is 12.9. The molecule has 6 nitrogen and oxygen atoms in total. The molecule has 3 aromatic heterocycles. The number of hydrogen-bond donors (Lipinski definition) is 1. The van der Waals surface area contributed by atoms with Gasteiger partial charge < -0.3 is 5.32 Å². The monoisotopic (exact) mass is 568 g/mol. The Hall–Kier alpha value is -6.06. The minimum Gasteiger partial charge on any atom is -0.367 e. The van der Waals surface area contributed by atoms with E-state index in [4.69, 9.17) is 21.4 Å². The summed E-state index contributed by atoms with van der Waals surface area (Å²) >= 11 is 0. The van der Waals surface area contributed by atoms with Gasteiger partial charge in [-0.05, 0) is 30.2 Å². The Morgan fingerprint density at radius 3 is 2.09 bits per heavy atom. The lowest BCUT2D eigenvalue weighted by atomic mass is 10.1. The van der Waals surface area contributed by atoms with Crippen LogP contribution in [0.3, 0.4) is 0 Å². The quantitative estimate of drug-likeness (QED) is 0.252. The summed E-state index contributed by atoms with van der Waals surface area (Å²) in [4.78, 5) is 19.2. The number of nitrogens with zero attached hydrogens (tertiary/aromatic N) is 5.